The van der Waals surface area contributed by atoms with Gasteiger partial charge in [0, 0.05) is 18.9 Å². The number of hydrogen-bond acceptors (Lipinski definition) is 4. The van der Waals surface area contributed by atoms with Gasteiger partial charge >= 0.3 is 0 Å². The van der Waals surface area contributed by atoms with Crippen LogP contribution in [0.25, 0.3) is 0 Å². The molecule has 0 saturated carbocycles. The second kappa shape index (κ2) is 4.74. The summed E-state index contributed by atoms with van der Waals surface area (Å²) in [4.78, 5) is 4.63. The molecular formula is C12H21N5. The van der Waals surface area contributed by atoms with E-state index in [4.69, 9.17) is 5.73 Å². The van der Waals surface area contributed by atoms with Gasteiger partial charge in [-0.1, -0.05) is 6.42 Å². The van der Waals surface area contributed by atoms with E-state index in [1.54, 1.807) is 0 Å². The molecule has 5 heteroatoms. The van der Waals surface area contributed by atoms with Gasteiger partial charge in [-0.2, -0.15) is 5.10 Å². The maximum atomic E-state index is 6.04. The van der Waals surface area contributed by atoms with Crippen LogP contribution in [-0.2, 0) is 12.8 Å². The molecule has 1 saturated heterocycles. The Kier molecular flexibility index (Phi) is 3.11. The summed E-state index contributed by atoms with van der Waals surface area (Å²) in [6, 6.07) is 0.560. The highest BCUT2D eigenvalue weighted by molar-refractivity contribution is 4.99. The first-order chi connectivity index (χ1) is 8.33. The minimum atomic E-state index is 0.0410. The van der Waals surface area contributed by atoms with E-state index in [-0.39, 0.29) is 6.17 Å². The third-order valence-corrected chi connectivity index (χ3v) is 3.80. The number of nitrogens with two attached hydrogens (primary N) is 1. The molecule has 2 unspecified atom stereocenters. The molecule has 0 amide bonds. The molecule has 2 aliphatic rings. The number of piperidine rings is 1. The van der Waals surface area contributed by atoms with Gasteiger partial charge in [-0.15, -0.1) is 0 Å². The molecule has 0 spiro atoms. The van der Waals surface area contributed by atoms with Crippen LogP contribution in [0.5, 0.6) is 0 Å². The van der Waals surface area contributed by atoms with Crippen molar-refractivity contribution in [1.29, 1.82) is 0 Å². The van der Waals surface area contributed by atoms with Crippen molar-refractivity contribution in [2.75, 3.05) is 6.54 Å². The standard InChI is InChI=1S/C12H21N5/c13-10-5-3-6-12-15-11(16-17(10)12)8-9-4-1-2-7-14-9/h9-10,14H,1-8,13H2. The van der Waals surface area contributed by atoms with Gasteiger partial charge in [-0.25, -0.2) is 9.67 Å². The third kappa shape index (κ3) is 2.35. The minimum Gasteiger partial charge on any atom is -0.314 e. The molecule has 0 aromatic carbocycles. The van der Waals surface area contributed by atoms with Gasteiger partial charge in [0.2, 0.25) is 0 Å². The lowest BCUT2D eigenvalue weighted by Gasteiger charge is -2.22. The Bertz CT molecular complexity index is 380. The molecule has 1 aromatic rings. The molecular weight excluding hydrogens is 214 g/mol. The summed E-state index contributed by atoms with van der Waals surface area (Å²) in [7, 11) is 0. The Morgan fingerprint density at radius 2 is 2.24 bits per heavy atom. The van der Waals surface area contributed by atoms with Crippen molar-refractivity contribution < 1.29 is 0 Å². The predicted molar refractivity (Wildman–Crippen MR) is 65.5 cm³/mol. The van der Waals surface area contributed by atoms with Gasteiger partial charge in [0.1, 0.15) is 12.0 Å². The van der Waals surface area contributed by atoms with Crippen molar-refractivity contribution in [3.05, 3.63) is 11.6 Å². The predicted octanol–water partition coefficient (Wildman–Crippen LogP) is 0.756. The first kappa shape index (κ1) is 11.2. The van der Waals surface area contributed by atoms with Crippen LogP contribution in [0.2, 0.25) is 0 Å². The molecule has 1 fully saturated rings. The summed E-state index contributed by atoms with van der Waals surface area (Å²) in [5.74, 6) is 2.05. The van der Waals surface area contributed by atoms with Gasteiger partial charge in [0.25, 0.3) is 0 Å². The summed E-state index contributed by atoms with van der Waals surface area (Å²) in [6.45, 7) is 1.14. The second-order valence-corrected chi connectivity index (χ2v) is 5.20. The van der Waals surface area contributed by atoms with Crippen molar-refractivity contribution in [3.8, 4) is 0 Å². The van der Waals surface area contributed by atoms with Gasteiger partial charge in [-0.05, 0) is 32.2 Å². The molecule has 1 aromatic heterocycles. The van der Waals surface area contributed by atoms with E-state index < -0.39 is 0 Å². The Labute approximate surface area is 102 Å². The molecule has 0 aliphatic carbocycles. The summed E-state index contributed by atoms with van der Waals surface area (Å²) < 4.78 is 1.93. The fourth-order valence-corrected chi connectivity index (χ4v) is 2.84. The first-order valence-corrected chi connectivity index (χ1v) is 6.76. The molecule has 2 aliphatic heterocycles. The van der Waals surface area contributed by atoms with Crippen molar-refractivity contribution in [3.63, 3.8) is 0 Å². The van der Waals surface area contributed by atoms with Crippen LogP contribution in [0.15, 0.2) is 0 Å². The Morgan fingerprint density at radius 1 is 1.29 bits per heavy atom. The summed E-state index contributed by atoms with van der Waals surface area (Å²) in [6.07, 6.45) is 8.05. The fourth-order valence-electron chi connectivity index (χ4n) is 2.84. The average molecular weight is 235 g/mol. The van der Waals surface area contributed by atoms with Crippen molar-refractivity contribution in [2.45, 2.75) is 57.2 Å². The van der Waals surface area contributed by atoms with Crippen LogP contribution in [0.3, 0.4) is 0 Å². The summed E-state index contributed by atoms with van der Waals surface area (Å²) >= 11 is 0. The lowest BCUT2D eigenvalue weighted by molar-refractivity contribution is 0.367. The SMILES string of the molecule is NC1CCCc2nc(CC3CCCCN3)nn21. The third-order valence-electron chi connectivity index (χ3n) is 3.80. The van der Waals surface area contributed by atoms with Gasteiger partial charge in [-0.3, -0.25) is 0 Å². The number of rotatable bonds is 2. The molecule has 3 N–H and O–H groups in total. The van der Waals surface area contributed by atoms with Crippen LogP contribution >= 0.6 is 0 Å². The Hall–Kier alpha value is -0.940. The highest BCUT2D eigenvalue weighted by atomic mass is 15.4. The van der Waals surface area contributed by atoms with Gasteiger partial charge in [0.05, 0.1) is 0 Å². The van der Waals surface area contributed by atoms with E-state index in [2.05, 4.69) is 15.4 Å². The highest BCUT2D eigenvalue weighted by Gasteiger charge is 2.22. The van der Waals surface area contributed by atoms with E-state index in [9.17, 15) is 0 Å². The number of nitrogens with one attached hydrogen (secondary N) is 1. The largest absolute Gasteiger partial charge is 0.314 e. The Morgan fingerprint density at radius 3 is 3.00 bits per heavy atom. The van der Waals surface area contributed by atoms with E-state index in [1.807, 2.05) is 4.68 Å². The van der Waals surface area contributed by atoms with Crippen LogP contribution in [0, 0.1) is 0 Å². The smallest absolute Gasteiger partial charge is 0.152 e. The fraction of sp³-hybridized carbons (Fsp3) is 0.833. The Balaban J connectivity index is 1.71. The first-order valence-electron chi connectivity index (χ1n) is 6.76. The topological polar surface area (TPSA) is 68.8 Å². The van der Waals surface area contributed by atoms with Gasteiger partial charge < -0.3 is 11.1 Å². The molecule has 0 bridgehead atoms. The van der Waals surface area contributed by atoms with Crippen molar-refractivity contribution >= 4 is 0 Å². The number of nitrogens with zero attached hydrogens (tertiary/aromatic N) is 3. The maximum Gasteiger partial charge on any atom is 0.152 e. The zero-order valence-electron chi connectivity index (χ0n) is 10.2. The lowest BCUT2D eigenvalue weighted by atomic mass is 10.0. The molecule has 0 radical (unpaired) electrons. The maximum absolute atomic E-state index is 6.04. The van der Waals surface area contributed by atoms with E-state index >= 15 is 0 Å². The van der Waals surface area contributed by atoms with E-state index in [0.717, 1.165) is 43.9 Å². The molecule has 2 atom stereocenters. The molecule has 94 valence electrons. The van der Waals surface area contributed by atoms with Crippen molar-refractivity contribution in [1.82, 2.24) is 20.1 Å². The number of hydrogen-bond donors (Lipinski definition) is 2. The number of fused-ring (bicyclic) bond motifs is 1. The van der Waals surface area contributed by atoms with Gasteiger partial charge in [0.15, 0.2) is 5.82 Å². The zero-order valence-corrected chi connectivity index (χ0v) is 10.2. The molecule has 17 heavy (non-hydrogen) atoms. The molecule has 5 nitrogen and oxygen atoms in total. The average Bonchev–Trinajstić information content (AvgIpc) is 2.74. The zero-order chi connectivity index (χ0) is 11.7. The molecule has 3 rings (SSSR count). The molecule has 3 heterocycles. The number of aromatic nitrogens is 3. The van der Waals surface area contributed by atoms with Crippen LogP contribution in [0.1, 0.15) is 49.9 Å². The normalized spacial score (nSPS) is 29.0. The monoisotopic (exact) mass is 235 g/mol. The quantitative estimate of drug-likeness (QED) is 0.794. The number of aryl methyl sites for hydroxylation is 1. The minimum absolute atomic E-state index is 0.0410. The second-order valence-electron chi connectivity index (χ2n) is 5.20. The van der Waals surface area contributed by atoms with Crippen LogP contribution in [-0.4, -0.2) is 27.4 Å². The lowest BCUT2D eigenvalue weighted by Crippen LogP contribution is -2.35. The van der Waals surface area contributed by atoms with Crippen LogP contribution in [0.4, 0.5) is 0 Å². The van der Waals surface area contributed by atoms with E-state index in [1.165, 1.54) is 19.3 Å². The van der Waals surface area contributed by atoms with Crippen LogP contribution < -0.4 is 11.1 Å². The summed E-state index contributed by atoms with van der Waals surface area (Å²) in [5, 5.41) is 8.11. The summed E-state index contributed by atoms with van der Waals surface area (Å²) in [5.41, 5.74) is 6.04. The highest BCUT2D eigenvalue weighted by Crippen LogP contribution is 2.19. The van der Waals surface area contributed by atoms with Crippen molar-refractivity contribution in [2.24, 2.45) is 5.73 Å². The van der Waals surface area contributed by atoms with E-state index in [0.29, 0.717) is 6.04 Å².